The van der Waals surface area contributed by atoms with Crippen LogP contribution >= 0.6 is 0 Å². The second-order valence-electron chi connectivity index (χ2n) is 9.81. The smallest absolute Gasteiger partial charge is 0.256 e. The molecule has 1 aliphatic carbocycles. The number of quaternary nitrogens is 1. The number of likely N-dealkylation sites (N-methyl/N-ethyl adjacent to an activating group) is 1. The number of fused-ring (bicyclic) bond motifs is 3. The molecule has 31 heavy (non-hydrogen) atoms. The minimum atomic E-state index is 0.174. The molecule has 3 unspecified atom stereocenters. The van der Waals surface area contributed by atoms with Crippen LogP contribution in [0.1, 0.15) is 56.6 Å². The molecule has 0 saturated carbocycles. The SMILES string of the molecule is Cc1cc(C)c(C2Nc3c(C(=O)N4CC[NH+](C)CC4)cccc3C3C=CCC32)c(C)c1. The highest BCUT2D eigenvalue weighted by Crippen LogP contribution is 2.51. The molecule has 3 atom stereocenters. The van der Waals surface area contributed by atoms with E-state index in [1.807, 2.05) is 11.0 Å². The van der Waals surface area contributed by atoms with Gasteiger partial charge in [0.15, 0.2) is 0 Å². The van der Waals surface area contributed by atoms with Crippen molar-refractivity contribution in [2.45, 2.75) is 39.2 Å². The van der Waals surface area contributed by atoms with E-state index in [0.717, 1.165) is 43.9 Å². The summed E-state index contributed by atoms with van der Waals surface area (Å²) in [5.41, 5.74) is 8.57. The molecule has 4 nitrogen and oxygen atoms in total. The lowest BCUT2D eigenvalue weighted by Crippen LogP contribution is -3.12. The van der Waals surface area contributed by atoms with Gasteiger partial charge in [0.1, 0.15) is 0 Å². The summed E-state index contributed by atoms with van der Waals surface area (Å²) < 4.78 is 0. The van der Waals surface area contributed by atoms with Gasteiger partial charge in [-0.05, 0) is 61.4 Å². The summed E-state index contributed by atoms with van der Waals surface area (Å²) in [5.74, 6) is 1.03. The van der Waals surface area contributed by atoms with Crippen molar-refractivity contribution in [2.24, 2.45) is 5.92 Å². The van der Waals surface area contributed by atoms with Gasteiger partial charge in [0, 0.05) is 5.92 Å². The van der Waals surface area contributed by atoms with Crippen molar-refractivity contribution in [2.75, 3.05) is 38.5 Å². The molecule has 0 aromatic heterocycles. The number of rotatable bonds is 2. The number of nitrogens with one attached hydrogen (secondary N) is 2. The lowest BCUT2D eigenvalue weighted by Gasteiger charge is -2.40. The van der Waals surface area contributed by atoms with Crippen LogP contribution < -0.4 is 10.2 Å². The summed E-state index contributed by atoms with van der Waals surface area (Å²) in [7, 11) is 2.21. The molecule has 0 spiro atoms. The van der Waals surface area contributed by atoms with E-state index >= 15 is 0 Å². The van der Waals surface area contributed by atoms with Crippen LogP contribution in [0.5, 0.6) is 0 Å². The molecule has 2 aliphatic heterocycles. The molecule has 1 fully saturated rings. The fourth-order valence-corrected chi connectivity index (χ4v) is 6.03. The Morgan fingerprint density at radius 3 is 2.52 bits per heavy atom. The first-order valence-corrected chi connectivity index (χ1v) is 11.7. The third-order valence-electron chi connectivity index (χ3n) is 7.58. The van der Waals surface area contributed by atoms with Crippen LogP contribution in [0.15, 0.2) is 42.5 Å². The van der Waals surface area contributed by atoms with E-state index in [-0.39, 0.29) is 11.9 Å². The molecule has 162 valence electrons. The predicted octanol–water partition coefficient (Wildman–Crippen LogP) is 3.41. The first-order valence-electron chi connectivity index (χ1n) is 11.7. The number of hydrogen-bond acceptors (Lipinski definition) is 2. The van der Waals surface area contributed by atoms with Crippen molar-refractivity contribution >= 4 is 11.6 Å². The minimum absolute atomic E-state index is 0.174. The molecule has 0 radical (unpaired) electrons. The maximum atomic E-state index is 13.6. The predicted molar refractivity (Wildman–Crippen MR) is 126 cm³/mol. The van der Waals surface area contributed by atoms with E-state index in [0.29, 0.717) is 11.8 Å². The molecule has 2 aromatic rings. The molecule has 2 aromatic carbocycles. The number of anilines is 1. The van der Waals surface area contributed by atoms with Crippen molar-refractivity contribution in [3.8, 4) is 0 Å². The van der Waals surface area contributed by atoms with Gasteiger partial charge in [-0.2, -0.15) is 0 Å². The highest BCUT2D eigenvalue weighted by atomic mass is 16.2. The zero-order valence-corrected chi connectivity index (χ0v) is 19.2. The average Bonchev–Trinajstić information content (AvgIpc) is 3.23. The van der Waals surface area contributed by atoms with Crippen LogP contribution in [-0.4, -0.2) is 44.0 Å². The highest BCUT2D eigenvalue weighted by Gasteiger charge is 2.40. The number of hydrogen-bond donors (Lipinski definition) is 2. The number of carbonyl (C=O) groups excluding carboxylic acids is 1. The summed E-state index contributed by atoms with van der Waals surface area (Å²) >= 11 is 0. The van der Waals surface area contributed by atoms with E-state index in [9.17, 15) is 4.79 Å². The molecule has 5 rings (SSSR count). The Labute approximate surface area is 185 Å². The zero-order valence-electron chi connectivity index (χ0n) is 19.2. The number of piperazine rings is 1. The van der Waals surface area contributed by atoms with Gasteiger partial charge in [0.2, 0.25) is 0 Å². The number of para-hydroxylation sites is 1. The zero-order chi connectivity index (χ0) is 21.7. The molecule has 4 heteroatoms. The number of amides is 1. The summed E-state index contributed by atoms with van der Waals surface area (Å²) in [6, 6.07) is 11.1. The van der Waals surface area contributed by atoms with E-state index < -0.39 is 0 Å². The second kappa shape index (κ2) is 7.83. The van der Waals surface area contributed by atoms with Crippen LogP contribution in [0.2, 0.25) is 0 Å². The van der Waals surface area contributed by atoms with Gasteiger partial charge >= 0.3 is 0 Å². The highest BCUT2D eigenvalue weighted by molar-refractivity contribution is 6.01. The van der Waals surface area contributed by atoms with Crippen LogP contribution in [0.3, 0.4) is 0 Å². The molecule has 1 amide bonds. The van der Waals surface area contributed by atoms with Crippen LogP contribution in [0, 0.1) is 26.7 Å². The van der Waals surface area contributed by atoms with Crippen molar-refractivity contribution < 1.29 is 9.69 Å². The quantitative estimate of drug-likeness (QED) is 0.736. The van der Waals surface area contributed by atoms with E-state index in [4.69, 9.17) is 0 Å². The lowest BCUT2D eigenvalue weighted by molar-refractivity contribution is -0.883. The van der Waals surface area contributed by atoms with Crippen molar-refractivity contribution in [3.63, 3.8) is 0 Å². The summed E-state index contributed by atoms with van der Waals surface area (Å²) in [4.78, 5) is 17.1. The molecule has 3 aliphatic rings. The first kappa shape index (κ1) is 20.3. The second-order valence-corrected chi connectivity index (χ2v) is 9.81. The molecule has 1 saturated heterocycles. The Balaban J connectivity index is 1.56. The Bertz CT molecular complexity index is 1030. The van der Waals surface area contributed by atoms with Gasteiger partial charge < -0.3 is 15.1 Å². The summed E-state index contributed by atoms with van der Waals surface area (Å²) in [6.45, 7) is 10.3. The van der Waals surface area contributed by atoms with E-state index in [2.05, 4.69) is 69.6 Å². The Hall–Kier alpha value is -2.59. The first-order chi connectivity index (χ1) is 14.9. The van der Waals surface area contributed by atoms with Gasteiger partial charge in [-0.1, -0.05) is 42.0 Å². The van der Waals surface area contributed by atoms with Crippen molar-refractivity contribution in [1.29, 1.82) is 0 Å². The monoisotopic (exact) mass is 416 g/mol. The normalized spacial score (nSPS) is 25.2. The largest absolute Gasteiger partial charge is 0.377 e. The number of benzene rings is 2. The summed E-state index contributed by atoms with van der Waals surface area (Å²) in [6.07, 6.45) is 5.77. The third kappa shape index (κ3) is 3.47. The standard InChI is InChI=1S/C27H33N3O/c1-17-15-18(2)24(19(3)16-17)26-22-9-5-7-20(22)21-8-6-10-23(25(21)28-26)27(31)30-13-11-29(4)12-14-30/h5-8,10,15-16,20,22,26,28H,9,11-14H2,1-4H3/p+1. The Morgan fingerprint density at radius 1 is 1.10 bits per heavy atom. The van der Waals surface area contributed by atoms with E-state index in [1.54, 1.807) is 0 Å². The third-order valence-corrected chi connectivity index (χ3v) is 7.58. The summed E-state index contributed by atoms with van der Waals surface area (Å²) in [5, 5.41) is 3.89. The van der Waals surface area contributed by atoms with Crippen LogP contribution in [0.4, 0.5) is 5.69 Å². The fraction of sp³-hybridized carbons (Fsp3) is 0.444. The van der Waals surface area contributed by atoms with Crippen molar-refractivity contribution in [3.05, 3.63) is 75.9 Å². The van der Waals surface area contributed by atoms with Crippen LogP contribution in [0.25, 0.3) is 0 Å². The molecule has 0 bridgehead atoms. The van der Waals surface area contributed by atoms with Gasteiger partial charge in [-0.25, -0.2) is 0 Å². The number of allylic oxidation sites excluding steroid dienone is 2. The Kier molecular flexibility index (Phi) is 5.13. The van der Waals surface area contributed by atoms with Crippen LogP contribution in [-0.2, 0) is 0 Å². The number of aryl methyl sites for hydroxylation is 3. The van der Waals surface area contributed by atoms with E-state index in [1.165, 1.54) is 32.7 Å². The van der Waals surface area contributed by atoms with Crippen molar-refractivity contribution in [1.82, 2.24) is 4.90 Å². The lowest BCUT2D eigenvalue weighted by atomic mass is 9.74. The minimum Gasteiger partial charge on any atom is -0.377 e. The fourth-order valence-electron chi connectivity index (χ4n) is 6.03. The molecule has 2 N–H and O–H groups in total. The number of carbonyl (C=O) groups is 1. The maximum Gasteiger partial charge on any atom is 0.256 e. The topological polar surface area (TPSA) is 36.8 Å². The Morgan fingerprint density at radius 2 is 1.81 bits per heavy atom. The van der Waals surface area contributed by atoms with Gasteiger partial charge in [-0.3, -0.25) is 4.79 Å². The van der Waals surface area contributed by atoms with Gasteiger partial charge in [0.05, 0.1) is 50.5 Å². The molecular formula is C27H34N3O+. The van der Waals surface area contributed by atoms with Gasteiger partial charge in [-0.15, -0.1) is 0 Å². The molecule has 2 heterocycles. The number of nitrogens with zero attached hydrogens (tertiary/aromatic N) is 1. The van der Waals surface area contributed by atoms with Gasteiger partial charge in [0.25, 0.3) is 5.91 Å². The average molecular weight is 417 g/mol. The molecular weight excluding hydrogens is 382 g/mol. The maximum absolute atomic E-state index is 13.6.